The van der Waals surface area contributed by atoms with Gasteiger partial charge in [-0.05, 0) is 70.7 Å². The SMILES string of the molecule is CC(C)CN(C[C@@H](O)[C@H](Cc1ccccc1)NC(=O)[C@H](C(C)C)n1cc(O)n(Cc2cccc(-c3cccs3)c2)c1=O)S(=O)(=O)c1ccc(Cl)c(N)c1. The van der Waals surface area contributed by atoms with Crippen LogP contribution in [0.5, 0.6) is 5.88 Å². The molecule has 0 bridgehead atoms. The van der Waals surface area contributed by atoms with Crippen molar-refractivity contribution in [3.8, 4) is 16.3 Å². The summed E-state index contributed by atoms with van der Waals surface area (Å²) in [6.45, 7) is 7.12. The molecule has 2 heterocycles. The van der Waals surface area contributed by atoms with Crippen molar-refractivity contribution in [1.29, 1.82) is 0 Å². The van der Waals surface area contributed by atoms with Gasteiger partial charge in [0.25, 0.3) is 0 Å². The topological polar surface area (TPSA) is 160 Å². The Morgan fingerprint density at radius 3 is 2.32 bits per heavy atom. The Kier molecular flexibility index (Phi) is 12.9. The molecule has 14 heteroatoms. The first-order valence-corrected chi connectivity index (χ1v) is 20.1. The van der Waals surface area contributed by atoms with Gasteiger partial charge in [0.1, 0.15) is 6.04 Å². The molecule has 2 aromatic heterocycles. The molecule has 0 spiro atoms. The number of thiophene rings is 1. The molecule has 0 aliphatic rings. The maximum absolute atomic E-state index is 14.2. The summed E-state index contributed by atoms with van der Waals surface area (Å²) in [7, 11) is -4.14. The van der Waals surface area contributed by atoms with Crippen LogP contribution in [0.1, 0.15) is 44.9 Å². The Hall–Kier alpha value is -4.40. The number of benzene rings is 3. The zero-order chi connectivity index (χ0) is 38.4. The van der Waals surface area contributed by atoms with Crippen LogP contribution >= 0.6 is 22.9 Å². The number of amides is 1. The van der Waals surface area contributed by atoms with Crippen LogP contribution < -0.4 is 16.7 Å². The Morgan fingerprint density at radius 1 is 0.962 bits per heavy atom. The van der Waals surface area contributed by atoms with Gasteiger partial charge in [0, 0.05) is 18.0 Å². The van der Waals surface area contributed by atoms with E-state index in [1.165, 1.54) is 37.8 Å². The van der Waals surface area contributed by atoms with Gasteiger partial charge < -0.3 is 21.3 Å². The van der Waals surface area contributed by atoms with Crippen molar-refractivity contribution in [2.75, 3.05) is 18.8 Å². The molecule has 0 aliphatic carbocycles. The number of carbonyl (C=O) groups is 1. The fraction of sp³-hybridized carbons (Fsp3) is 0.333. The highest BCUT2D eigenvalue weighted by Gasteiger charge is 2.34. The lowest BCUT2D eigenvalue weighted by Crippen LogP contribution is -2.53. The summed E-state index contributed by atoms with van der Waals surface area (Å²) in [6, 6.07) is 22.9. The van der Waals surface area contributed by atoms with E-state index in [0.29, 0.717) is 0 Å². The molecule has 0 radical (unpaired) electrons. The van der Waals surface area contributed by atoms with E-state index >= 15 is 0 Å². The van der Waals surface area contributed by atoms with Crippen LogP contribution in [0.3, 0.4) is 0 Å². The second-order valence-electron chi connectivity index (χ2n) is 13.9. The van der Waals surface area contributed by atoms with Crippen LogP contribution in [0.2, 0.25) is 5.02 Å². The number of hydrogen-bond acceptors (Lipinski definition) is 8. The number of hydrogen-bond donors (Lipinski definition) is 4. The van der Waals surface area contributed by atoms with E-state index in [9.17, 15) is 28.2 Å². The van der Waals surface area contributed by atoms with Crippen LogP contribution in [-0.2, 0) is 27.8 Å². The predicted octanol–water partition coefficient (Wildman–Crippen LogP) is 6.00. The smallest absolute Gasteiger partial charge is 0.332 e. The number of aromatic hydroxyl groups is 1. The van der Waals surface area contributed by atoms with Gasteiger partial charge >= 0.3 is 5.69 Å². The molecular formula is C39H46ClN5O6S2. The second kappa shape index (κ2) is 17.2. The number of carbonyl (C=O) groups excluding carboxylic acids is 1. The van der Waals surface area contributed by atoms with Crippen molar-refractivity contribution >= 4 is 44.6 Å². The molecule has 5 N–H and O–H groups in total. The average Bonchev–Trinajstić information content (AvgIpc) is 3.74. The van der Waals surface area contributed by atoms with Gasteiger partial charge in [0.05, 0.1) is 40.5 Å². The highest BCUT2D eigenvalue weighted by atomic mass is 35.5. The van der Waals surface area contributed by atoms with Crippen LogP contribution in [0, 0.1) is 11.8 Å². The summed E-state index contributed by atoms with van der Waals surface area (Å²) >= 11 is 7.67. The molecule has 1 amide bonds. The number of imidazole rings is 1. The summed E-state index contributed by atoms with van der Waals surface area (Å²) in [6.07, 6.45) is 0.0621. The molecule has 5 rings (SSSR count). The van der Waals surface area contributed by atoms with Gasteiger partial charge in [-0.1, -0.05) is 93.9 Å². The fourth-order valence-corrected chi connectivity index (χ4v) is 8.80. The average molecular weight is 780 g/mol. The van der Waals surface area contributed by atoms with E-state index in [0.717, 1.165) is 21.6 Å². The molecular weight excluding hydrogens is 734 g/mol. The number of aliphatic hydroxyl groups is 1. The second-order valence-corrected chi connectivity index (χ2v) is 17.2. The minimum absolute atomic E-state index is 0.0716. The van der Waals surface area contributed by atoms with Gasteiger partial charge in [-0.2, -0.15) is 4.31 Å². The van der Waals surface area contributed by atoms with Crippen LogP contribution in [0.15, 0.2) is 106 Å². The van der Waals surface area contributed by atoms with Crippen molar-refractivity contribution in [3.63, 3.8) is 0 Å². The lowest BCUT2D eigenvalue weighted by molar-refractivity contribution is -0.127. The predicted molar refractivity (Wildman–Crippen MR) is 211 cm³/mol. The van der Waals surface area contributed by atoms with E-state index in [4.69, 9.17) is 17.3 Å². The number of aromatic nitrogens is 2. The maximum atomic E-state index is 14.2. The number of rotatable bonds is 16. The number of anilines is 1. The van der Waals surface area contributed by atoms with Crippen LogP contribution in [0.4, 0.5) is 5.69 Å². The molecule has 0 fully saturated rings. The Bertz CT molecular complexity index is 2170. The number of nitrogens with one attached hydrogen (secondary N) is 1. The summed E-state index contributed by atoms with van der Waals surface area (Å²) < 4.78 is 31.4. The summed E-state index contributed by atoms with van der Waals surface area (Å²) in [4.78, 5) is 29.1. The standard InChI is InChI=1S/C39H46ClN5O6S2/c1-25(2)21-43(53(50,51)30-15-16-31(40)32(41)20-30)23-34(46)33(19-27-10-6-5-7-11-27)42-38(48)37(26(3)4)45-24-36(47)44(39(45)49)22-28-12-8-13-29(18-28)35-14-9-17-52-35/h5-18,20,24-26,33-34,37,46-47H,19,21-23,41H2,1-4H3,(H,42,48)/t33-,34+,37-/m0/s1. The quantitative estimate of drug-likeness (QED) is 0.0895. The van der Waals surface area contributed by atoms with E-state index in [1.54, 1.807) is 25.2 Å². The first-order valence-electron chi connectivity index (χ1n) is 17.4. The van der Waals surface area contributed by atoms with E-state index in [-0.39, 0.29) is 53.5 Å². The van der Waals surface area contributed by atoms with E-state index < -0.39 is 45.7 Å². The van der Waals surface area contributed by atoms with Crippen molar-refractivity contribution in [2.24, 2.45) is 11.8 Å². The van der Waals surface area contributed by atoms with Gasteiger partial charge in [-0.15, -0.1) is 11.3 Å². The minimum atomic E-state index is -4.14. The third-order valence-corrected chi connectivity index (χ3v) is 12.0. The summed E-state index contributed by atoms with van der Waals surface area (Å²) in [5, 5.41) is 27.9. The van der Waals surface area contributed by atoms with E-state index in [1.807, 2.05) is 86.0 Å². The number of halogens is 1. The van der Waals surface area contributed by atoms with E-state index in [2.05, 4.69) is 5.32 Å². The monoisotopic (exact) mass is 779 g/mol. The van der Waals surface area contributed by atoms with Crippen LogP contribution in [-0.4, -0.2) is 63.2 Å². The lowest BCUT2D eigenvalue weighted by Gasteiger charge is -2.32. The van der Waals surface area contributed by atoms with Crippen molar-refractivity contribution in [3.05, 3.63) is 123 Å². The molecule has 11 nitrogen and oxygen atoms in total. The molecule has 0 aliphatic heterocycles. The fourth-order valence-electron chi connectivity index (χ4n) is 6.30. The first kappa shape index (κ1) is 39.8. The molecule has 53 heavy (non-hydrogen) atoms. The molecule has 0 unspecified atom stereocenters. The number of nitrogen functional groups attached to an aromatic ring is 1. The minimum Gasteiger partial charge on any atom is -0.493 e. The third kappa shape index (κ3) is 9.59. The molecule has 0 saturated carbocycles. The Morgan fingerprint density at radius 2 is 1.68 bits per heavy atom. The van der Waals surface area contributed by atoms with Gasteiger partial charge in [-0.25, -0.2) is 13.2 Å². The Labute approximate surface area is 319 Å². The molecule has 3 aromatic carbocycles. The largest absolute Gasteiger partial charge is 0.493 e. The molecule has 0 saturated heterocycles. The van der Waals surface area contributed by atoms with Crippen LogP contribution in [0.25, 0.3) is 10.4 Å². The third-order valence-electron chi connectivity index (χ3n) is 8.91. The lowest BCUT2D eigenvalue weighted by atomic mass is 9.98. The highest BCUT2D eigenvalue weighted by molar-refractivity contribution is 7.89. The summed E-state index contributed by atoms with van der Waals surface area (Å²) in [5.74, 6) is -1.38. The Balaban J connectivity index is 1.43. The van der Waals surface area contributed by atoms with Gasteiger partial charge in [0.15, 0.2) is 0 Å². The number of nitrogens with zero attached hydrogens (tertiary/aromatic N) is 3. The first-order chi connectivity index (χ1) is 25.1. The number of aliphatic hydroxyl groups excluding tert-OH is 1. The zero-order valence-corrected chi connectivity index (χ0v) is 32.5. The normalized spacial score (nSPS) is 13.8. The van der Waals surface area contributed by atoms with Gasteiger partial charge in [0.2, 0.25) is 21.8 Å². The molecule has 282 valence electrons. The molecule has 3 atom stereocenters. The zero-order valence-electron chi connectivity index (χ0n) is 30.1. The summed E-state index contributed by atoms with van der Waals surface area (Å²) in [5.41, 5.74) is 8.06. The number of sulfonamides is 1. The number of nitrogens with two attached hydrogens (primary N) is 1. The highest BCUT2D eigenvalue weighted by Crippen LogP contribution is 2.28. The van der Waals surface area contributed by atoms with Crippen molar-refractivity contribution < 1.29 is 23.4 Å². The van der Waals surface area contributed by atoms with Gasteiger partial charge in [-0.3, -0.25) is 13.9 Å². The molecule has 5 aromatic rings. The van der Waals surface area contributed by atoms with Crippen molar-refractivity contribution in [1.82, 2.24) is 18.8 Å². The maximum Gasteiger partial charge on any atom is 0.332 e. The van der Waals surface area contributed by atoms with Crippen molar-refractivity contribution in [2.45, 2.75) is 63.7 Å².